The minimum Gasteiger partial charge on any atom is -0.0807 e. The predicted molar refractivity (Wildman–Crippen MR) is 50.5 cm³/mol. The molecule has 0 atom stereocenters. The van der Waals surface area contributed by atoms with Crippen LogP contribution in [0.1, 0.15) is 33.6 Å². The summed E-state index contributed by atoms with van der Waals surface area (Å²) in [6.45, 7) is 6.43. The summed E-state index contributed by atoms with van der Waals surface area (Å²) < 4.78 is 0. The van der Waals surface area contributed by atoms with Crippen LogP contribution in [0.5, 0.6) is 0 Å². The number of hydrogen-bond acceptors (Lipinski definition) is 0. The number of rotatable bonds is 2. The zero-order valence-electron chi connectivity index (χ0n) is 7.65. The normalized spacial score (nSPS) is 17.0. The molecule has 0 nitrogen and oxygen atoms in total. The van der Waals surface area contributed by atoms with Crippen molar-refractivity contribution in [2.45, 2.75) is 33.6 Å². The Bertz CT molecular complexity index is 222. The maximum Gasteiger partial charge on any atom is -0.0244 e. The van der Waals surface area contributed by atoms with E-state index in [0.717, 1.165) is 0 Å². The summed E-state index contributed by atoms with van der Waals surface area (Å²) in [5.41, 5.74) is 4.32. The second kappa shape index (κ2) is 3.56. The van der Waals surface area contributed by atoms with Crippen LogP contribution in [0, 0.1) is 0 Å². The zero-order chi connectivity index (χ0) is 8.27. The van der Waals surface area contributed by atoms with Gasteiger partial charge in [-0.1, -0.05) is 23.8 Å². The molecular weight excluding hydrogens is 132 g/mol. The van der Waals surface area contributed by atoms with Crippen LogP contribution < -0.4 is 0 Å². The van der Waals surface area contributed by atoms with Gasteiger partial charge in [-0.25, -0.2) is 0 Å². The maximum absolute atomic E-state index is 2.31. The van der Waals surface area contributed by atoms with Crippen LogP contribution in [0.4, 0.5) is 0 Å². The first-order valence-corrected chi connectivity index (χ1v) is 4.21. The SMILES string of the molecule is CC(C)=C/C=C(\C)C1=CCC1. The molecule has 0 fully saturated rings. The molecule has 1 aliphatic rings. The quantitative estimate of drug-likeness (QED) is 0.525. The standard InChI is InChI=1S/C11H16/c1-9(2)7-8-10(3)11-5-4-6-11/h5,7-8H,4,6H2,1-3H3/b10-8+. The Morgan fingerprint density at radius 3 is 2.27 bits per heavy atom. The van der Waals surface area contributed by atoms with E-state index in [0.29, 0.717) is 0 Å². The van der Waals surface area contributed by atoms with Gasteiger partial charge in [0.1, 0.15) is 0 Å². The van der Waals surface area contributed by atoms with Crippen LogP contribution in [-0.2, 0) is 0 Å². The molecule has 0 bridgehead atoms. The van der Waals surface area contributed by atoms with Crippen molar-refractivity contribution in [3.8, 4) is 0 Å². The molecule has 0 saturated carbocycles. The summed E-state index contributed by atoms with van der Waals surface area (Å²) in [7, 11) is 0. The minimum atomic E-state index is 1.27. The van der Waals surface area contributed by atoms with E-state index in [1.807, 2.05) is 0 Å². The molecule has 0 spiro atoms. The molecule has 60 valence electrons. The summed E-state index contributed by atoms with van der Waals surface area (Å²) in [6.07, 6.45) is 9.24. The van der Waals surface area contributed by atoms with E-state index >= 15 is 0 Å². The van der Waals surface area contributed by atoms with Gasteiger partial charge in [0, 0.05) is 0 Å². The Kier molecular flexibility index (Phi) is 2.70. The van der Waals surface area contributed by atoms with Crippen molar-refractivity contribution < 1.29 is 0 Å². The zero-order valence-corrected chi connectivity index (χ0v) is 7.65. The van der Waals surface area contributed by atoms with Crippen LogP contribution in [0.3, 0.4) is 0 Å². The Hall–Kier alpha value is -0.780. The average Bonchev–Trinajstić information content (AvgIpc) is 1.79. The molecule has 0 heteroatoms. The molecule has 0 radical (unpaired) electrons. The molecular formula is C11H16. The maximum atomic E-state index is 2.31. The highest BCUT2D eigenvalue weighted by Gasteiger charge is 2.05. The van der Waals surface area contributed by atoms with Crippen molar-refractivity contribution in [1.82, 2.24) is 0 Å². The monoisotopic (exact) mass is 148 g/mol. The lowest BCUT2D eigenvalue weighted by atomic mass is 9.92. The molecule has 0 saturated heterocycles. The first-order chi connectivity index (χ1) is 5.20. The highest BCUT2D eigenvalue weighted by atomic mass is 14.1. The summed E-state index contributed by atoms with van der Waals surface area (Å²) in [6, 6.07) is 0. The van der Waals surface area contributed by atoms with Gasteiger partial charge in [-0.2, -0.15) is 0 Å². The van der Waals surface area contributed by atoms with Crippen molar-refractivity contribution in [1.29, 1.82) is 0 Å². The first kappa shape index (κ1) is 8.32. The van der Waals surface area contributed by atoms with Crippen LogP contribution in [0.15, 0.2) is 34.9 Å². The first-order valence-electron chi connectivity index (χ1n) is 4.21. The number of hydrogen-bond donors (Lipinski definition) is 0. The molecule has 0 N–H and O–H groups in total. The van der Waals surface area contributed by atoms with Gasteiger partial charge in [-0.3, -0.25) is 0 Å². The summed E-state index contributed by atoms with van der Waals surface area (Å²) in [5, 5.41) is 0. The fraction of sp³-hybridized carbons (Fsp3) is 0.455. The van der Waals surface area contributed by atoms with Gasteiger partial charge in [0.15, 0.2) is 0 Å². The Balaban J connectivity index is 2.59. The molecule has 0 amide bonds. The fourth-order valence-corrected chi connectivity index (χ4v) is 1.05. The van der Waals surface area contributed by atoms with Gasteiger partial charge < -0.3 is 0 Å². The molecule has 0 aromatic heterocycles. The molecule has 0 aromatic rings. The smallest absolute Gasteiger partial charge is 0.0244 e. The Morgan fingerprint density at radius 2 is 1.91 bits per heavy atom. The van der Waals surface area contributed by atoms with Crippen molar-refractivity contribution >= 4 is 0 Å². The van der Waals surface area contributed by atoms with Gasteiger partial charge in [0.25, 0.3) is 0 Å². The molecule has 0 unspecified atom stereocenters. The van der Waals surface area contributed by atoms with E-state index in [9.17, 15) is 0 Å². The molecule has 1 rings (SSSR count). The molecule has 11 heavy (non-hydrogen) atoms. The van der Waals surface area contributed by atoms with E-state index in [-0.39, 0.29) is 0 Å². The van der Waals surface area contributed by atoms with Gasteiger partial charge in [-0.05, 0) is 44.8 Å². The predicted octanol–water partition coefficient (Wildman–Crippen LogP) is 3.62. The summed E-state index contributed by atoms with van der Waals surface area (Å²) >= 11 is 0. The summed E-state index contributed by atoms with van der Waals surface area (Å²) in [4.78, 5) is 0. The topological polar surface area (TPSA) is 0 Å². The lowest BCUT2D eigenvalue weighted by Gasteiger charge is -2.14. The second-order valence-electron chi connectivity index (χ2n) is 3.36. The summed E-state index contributed by atoms with van der Waals surface area (Å²) in [5.74, 6) is 0. The van der Waals surface area contributed by atoms with Gasteiger partial charge in [0.05, 0.1) is 0 Å². The van der Waals surface area contributed by atoms with Crippen molar-refractivity contribution in [3.05, 3.63) is 34.9 Å². The Morgan fingerprint density at radius 1 is 1.27 bits per heavy atom. The van der Waals surface area contributed by atoms with E-state index in [1.165, 1.54) is 29.6 Å². The Labute approximate surface area is 69.3 Å². The highest BCUT2D eigenvalue weighted by molar-refractivity contribution is 5.36. The number of allylic oxidation sites excluding steroid dienone is 6. The second-order valence-corrected chi connectivity index (χ2v) is 3.36. The molecule has 0 aliphatic heterocycles. The third kappa shape index (κ3) is 2.38. The van der Waals surface area contributed by atoms with Crippen molar-refractivity contribution in [2.24, 2.45) is 0 Å². The van der Waals surface area contributed by atoms with Gasteiger partial charge in [0.2, 0.25) is 0 Å². The largest absolute Gasteiger partial charge is 0.0807 e. The van der Waals surface area contributed by atoms with E-state index < -0.39 is 0 Å². The lowest BCUT2D eigenvalue weighted by molar-refractivity contribution is 0.884. The van der Waals surface area contributed by atoms with Crippen LogP contribution in [-0.4, -0.2) is 0 Å². The van der Waals surface area contributed by atoms with Gasteiger partial charge in [-0.15, -0.1) is 0 Å². The minimum absolute atomic E-state index is 1.27. The third-order valence-corrected chi connectivity index (χ3v) is 1.98. The van der Waals surface area contributed by atoms with Crippen LogP contribution in [0.25, 0.3) is 0 Å². The average molecular weight is 148 g/mol. The van der Waals surface area contributed by atoms with Crippen molar-refractivity contribution in [3.63, 3.8) is 0 Å². The highest BCUT2D eigenvalue weighted by Crippen LogP contribution is 2.25. The van der Waals surface area contributed by atoms with Gasteiger partial charge >= 0.3 is 0 Å². The molecule has 0 heterocycles. The van der Waals surface area contributed by atoms with E-state index in [4.69, 9.17) is 0 Å². The van der Waals surface area contributed by atoms with E-state index in [1.54, 1.807) is 0 Å². The van der Waals surface area contributed by atoms with Crippen LogP contribution in [0.2, 0.25) is 0 Å². The van der Waals surface area contributed by atoms with E-state index in [2.05, 4.69) is 39.0 Å². The van der Waals surface area contributed by atoms with Crippen molar-refractivity contribution in [2.75, 3.05) is 0 Å². The third-order valence-electron chi connectivity index (χ3n) is 1.98. The van der Waals surface area contributed by atoms with Crippen LogP contribution >= 0.6 is 0 Å². The molecule has 1 aliphatic carbocycles. The molecule has 0 aromatic carbocycles. The fourth-order valence-electron chi connectivity index (χ4n) is 1.05. The lowest BCUT2D eigenvalue weighted by Crippen LogP contribution is -1.94.